The van der Waals surface area contributed by atoms with Gasteiger partial charge in [-0.2, -0.15) is 0 Å². The molecule has 1 aromatic heterocycles. The van der Waals surface area contributed by atoms with E-state index in [1.54, 1.807) is 11.3 Å². The molecule has 0 unspecified atom stereocenters. The van der Waals surface area contributed by atoms with Crippen molar-refractivity contribution < 1.29 is 4.79 Å². The summed E-state index contributed by atoms with van der Waals surface area (Å²) < 4.78 is 0. The SMILES string of the molecule is Cc1cccc(CN2CCN(C(=O)NCCc3cccs3)CC2)c1. The Hall–Kier alpha value is -1.85. The quantitative estimate of drug-likeness (QED) is 0.905. The van der Waals surface area contributed by atoms with Crippen molar-refractivity contribution in [1.29, 1.82) is 0 Å². The van der Waals surface area contributed by atoms with Crippen molar-refractivity contribution in [2.24, 2.45) is 0 Å². The largest absolute Gasteiger partial charge is 0.338 e. The highest BCUT2D eigenvalue weighted by Crippen LogP contribution is 2.11. The molecule has 24 heavy (non-hydrogen) atoms. The molecule has 1 aliphatic heterocycles. The Labute approximate surface area is 148 Å². The fraction of sp³-hybridized carbons (Fsp3) is 0.421. The Morgan fingerprint density at radius 1 is 1.17 bits per heavy atom. The standard InChI is InChI=1S/C19H25N3OS/c1-16-4-2-5-17(14-16)15-21-9-11-22(12-10-21)19(23)20-8-7-18-6-3-13-24-18/h2-6,13-14H,7-12,15H2,1H3,(H,20,23). The predicted octanol–water partition coefficient (Wildman–Crippen LogP) is 3.13. The molecule has 0 bridgehead atoms. The highest BCUT2D eigenvalue weighted by molar-refractivity contribution is 7.09. The first kappa shape index (κ1) is 17.0. The Balaban J connectivity index is 1.38. The molecule has 1 aliphatic rings. The van der Waals surface area contributed by atoms with Crippen LogP contribution in [-0.4, -0.2) is 48.6 Å². The third-order valence-electron chi connectivity index (χ3n) is 4.38. The summed E-state index contributed by atoms with van der Waals surface area (Å²) in [6, 6.07) is 12.9. The summed E-state index contributed by atoms with van der Waals surface area (Å²) in [4.78, 5) is 17.9. The fourth-order valence-corrected chi connectivity index (χ4v) is 3.75. The van der Waals surface area contributed by atoms with E-state index in [-0.39, 0.29) is 6.03 Å². The molecule has 0 spiro atoms. The highest BCUT2D eigenvalue weighted by Gasteiger charge is 2.20. The first-order valence-electron chi connectivity index (χ1n) is 8.54. The number of nitrogens with one attached hydrogen (secondary N) is 1. The summed E-state index contributed by atoms with van der Waals surface area (Å²) in [5, 5.41) is 5.11. The topological polar surface area (TPSA) is 35.6 Å². The predicted molar refractivity (Wildman–Crippen MR) is 99.5 cm³/mol. The van der Waals surface area contributed by atoms with Gasteiger partial charge in [-0.1, -0.05) is 35.9 Å². The lowest BCUT2D eigenvalue weighted by Gasteiger charge is -2.34. The zero-order valence-electron chi connectivity index (χ0n) is 14.2. The first-order chi connectivity index (χ1) is 11.7. The lowest BCUT2D eigenvalue weighted by molar-refractivity contribution is 0.135. The second-order valence-corrected chi connectivity index (χ2v) is 7.35. The van der Waals surface area contributed by atoms with Gasteiger partial charge in [-0.25, -0.2) is 4.79 Å². The van der Waals surface area contributed by atoms with Crippen LogP contribution in [0.25, 0.3) is 0 Å². The molecular formula is C19H25N3OS. The molecule has 1 saturated heterocycles. The van der Waals surface area contributed by atoms with Gasteiger partial charge in [0.15, 0.2) is 0 Å². The van der Waals surface area contributed by atoms with Gasteiger partial charge in [0.25, 0.3) is 0 Å². The van der Waals surface area contributed by atoms with Gasteiger partial charge < -0.3 is 10.2 Å². The van der Waals surface area contributed by atoms with E-state index in [9.17, 15) is 4.79 Å². The van der Waals surface area contributed by atoms with Crippen molar-refractivity contribution in [1.82, 2.24) is 15.1 Å². The number of rotatable bonds is 5. The molecule has 3 rings (SSSR count). The Bertz CT molecular complexity index is 648. The first-order valence-corrected chi connectivity index (χ1v) is 9.42. The van der Waals surface area contributed by atoms with Crippen LogP contribution >= 0.6 is 11.3 Å². The van der Waals surface area contributed by atoms with Crippen molar-refractivity contribution in [3.05, 3.63) is 57.8 Å². The van der Waals surface area contributed by atoms with Crippen molar-refractivity contribution in [2.75, 3.05) is 32.7 Å². The minimum absolute atomic E-state index is 0.0711. The molecule has 2 aromatic rings. The van der Waals surface area contributed by atoms with Gasteiger partial charge >= 0.3 is 6.03 Å². The normalized spacial score (nSPS) is 15.5. The van der Waals surface area contributed by atoms with Crippen LogP contribution in [-0.2, 0) is 13.0 Å². The molecule has 1 N–H and O–H groups in total. The van der Waals surface area contributed by atoms with E-state index in [1.165, 1.54) is 16.0 Å². The number of nitrogens with zero attached hydrogens (tertiary/aromatic N) is 2. The lowest BCUT2D eigenvalue weighted by Crippen LogP contribution is -2.51. The van der Waals surface area contributed by atoms with Crippen LogP contribution in [0.2, 0.25) is 0 Å². The molecule has 2 heterocycles. The van der Waals surface area contributed by atoms with E-state index in [1.807, 2.05) is 4.90 Å². The van der Waals surface area contributed by atoms with E-state index < -0.39 is 0 Å². The average Bonchev–Trinajstić information content (AvgIpc) is 3.09. The minimum atomic E-state index is 0.0711. The van der Waals surface area contributed by atoms with E-state index in [0.717, 1.165) is 39.1 Å². The third kappa shape index (κ3) is 4.82. The molecule has 1 aromatic carbocycles. The Morgan fingerprint density at radius 2 is 2.00 bits per heavy atom. The van der Waals surface area contributed by atoms with Crippen molar-refractivity contribution >= 4 is 17.4 Å². The summed E-state index contributed by atoms with van der Waals surface area (Å²) in [5.74, 6) is 0. The van der Waals surface area contributed by atoms with Gasteiger partial charge in [0.2, 0.25) is 0 Å². The number of thiophene rings is 1. The Kier molecular flexibility index (Phi) is 5.88. The number of benzene rings is 1. The van der Waals surface area contributed by atoms with Gasteiger partial charge in [-0.15, -0.1) is 11.3 Å². The van der Waals surface area contributed by atoms with Crippen LogP contribution in [0, 0.1) is 6.92 Å². The van der Waals surface area contributed by atoms with Gasteiger partial charge in [0, 0.05) is 44.1 Å². The molecule has 5 heteroatoms. The summed E-state index contributed by atoms with van der Waals surface area (Å²) in [6.45, 7) is 7.28. The molecule has 0 atom stereocenters. The molecule has 1 fully saturated rings. The van der Waals surface area contributed by atoms with Crippen LogP contribution in [0.3, 0.4) is 0 Å². The van der Waals surface area contributed by atoms with Crippen LogP contribution in [0.1, 0.15) is 16.0 Å². The second-order valence-electron chi connectivity index (χ2n) is 6.31. The number of carbonyl (C=O) groups excluding carboxylic acids is 1. The van der Waals surface area contributed by atoms with Crippen LogP contribution in [0.15, 0.2) is 41.8 Å². The maximum Gasteiger partial charge on any atom is 0.317 e. The monoisotopic (exact) mass is 343 g/mol. The molecule has 4 nitrogen and oxygen atoms in total. The third-order valence-corrected chi connectivity index (χ3v) is 5.31. The number of amides is 2. The fourth-order valence-electron chi connectivity index (χ4n) is 3.04. The van der Waals surface area contributed by atoms with E-state index in [2.05, 4.69) is 58.9 Å². The van der Waals surface area contributed by atoms with Crippen molar-refractivity contribution in [3.63, 3.8) is 0 Å². The maximum absolute atomic E-state index is 12.2. The van der Waals surface area contributed by atoms with Crippen molar-refractivity contribution in [3.8, 4) is 0 Å². The smallest absolute Gasteiger partial charge is 0.317 e. The molecule has 128 valence electrons. The molecule has 0 radical (unpaired) electrons. The van der Waals surface area contributed by atoms with Crippen molar-refractivity contribution in [2.45, 2.75) is 19.9 Å². The Morgan fingerprint density at radius 3 is 2.71 bits per heavy atom. The summed E-state index contributed by atoms with van der Waals surface area (Å²) >= 11 is 1.74. The number of urea groups is 1. The minimum Gasteiger partial charge on any atom is -0.338 e. The zero-order valence-corrected chi connectivity index (χ0v) is 15.0. The molecule has 2 amide bonds. The average molecular weight is 343 g/mol. The lowest BCUT2D eigenvalue weighted by atomic mass is 10.1. The van der Waals surface area contributed by atoms with Gasteiger partial charge in [0.05, 0.1) is 0 Å². The maximum atomic E-state index is 12.2. The van der Waals surface area contributed by atoms with E-state index >= 15 is 0 Å². The zero-order chi connectivity index (χ0) is 16.8. The number of aryl methyl sites for hydroxylation is 1. The van der Waals surface area contributed by atoms with Gasteiger partial charge in [0.1, 0.15) is 0 Å². The van der Waals surface area contributed by atoms with E-state index in [0.29, 0.717) is 6.54 Å². The van der Waals surface area contributed by atoms with Gasteiger partial charge in [-0.3, -0.25) is 4.90 Å². The number of piperazine rings is 1. The molecular weight excluding hydrogens is 318 g/mol. The van der Waals surface area contributed by atoms with Gasteiger partial charge in [-0.05, 0) is 30.4 Å². The highest BCUT2D eigenvalue weighted by atomic mass is 32.1. The molecule has 0 saturated carbocycles. The second kappa shape index (κ2) is 8.31. The summed E-state index contributed by atoms with van der Waals surface area (Å²) in [5.41, 5.74) is 2.65. The number of carbonyl (C=O) groups is 1. The summed E-state index contributed by atoms with van der Waals surface area (Å²) in [6.07, 6.45) is 0.913. The number of hydrogen-bond donors (Lipinski definition) is 1. The van der Waals surface area contributed by atoms with Crippen LogP contribution < -0.4 is 5.32 Å². The summed E-state index contributed by atoms with van der Waals surface area (Å²) in [7, 11) is 0. The van der Waals surface area contributed by atoms with Crippen LogP contribution in [0.5, 0.6) is 0 Å². The molecule has 0 aliphatic carbocycles. The van der Waals surface area contributed by atoms with E-state index in [4.69, 9.17) is 0 Å². The number of hydrogen-bond acceptors (Lipinski definition) is 3. The van der Waals surface area contributed by atoms with Crippen LogP contribution in [0.4, 0.5) is 4.79 Å².